The predicted octanol–water partition coefficient (Wildman–Crippen LogP) is 3.25. The van der Waals surface area contributed by atoms with E-state index in [4.69, 9.17) is 0 Å². The molecule has 3 heteroatoms. The summed E-state index contributed by atoms with van der Waals surface area (Å²) in [7, 11) is 1.95. The van der Waals surface area contributed by atoms with Crippen molar-refractivity contribution in [2.45, 2.75) is 43.4 Å². The Bertz CT molecular complexity index is 300. The van der Waals surface area contributed by atoms with E-state index in [2.05, 4.69) is 50.1 Å². The highest BCUT2D eigenvalue weighted by atomic mass is 32.2. The summed E-state index contributed by atoms with van der Waals surface area (Å²) < 4.78 is 0.248. The minimum absolute atomic E-state index is 0.248. The number of hydrogen-bond donors (Lipinski definition) is 1. The second kappa shape index (κ2) is 4.99. The molecule has 1 unspecified atom stereocenters. The van der Waals surface area contributed by atoms with Gasteiger partial charge in [-0.1, -0.05) is 20.8 Å². The first-order valence-corrected chi connectivity index (χ1v) is 6.06. The fourth-order valence-corrected chi connectivity index (χ4v) is 2.16. The highest BCUT2D eigenvalue weighted by Crippen LogP contribution is 2.31. The third-order valence-corrected chi connectivity index (χ3v) is 3.15. The molecule has 0 aliphatic carbocycles. The summed E-state index contributed by atoms with van der Waals surface area (Å²) in [6.07, 6.45) is 1.96. The Morgan fingerprint density at radius 1 is 1.33 bits per heavy atom. The zero-order chi connectivity index (χ0) is 11.5. The normalized spacial score (nSPS) is 13.9. The summed E-state index contributed by atoms with van der Waals surface area (Å²) in [4.78, 5) is 5.68. The quantitative estimate of drug-likeness (QED) is 0.798. The van der Waals surface area contributed by atoms with Crippen LogP contribution >= 0.6 is 11.8 Å². The van der Waals surface area contributed by atoms with Crippen LogP contribution in [-0.2, 0) is 0 Å². The van der Waals surface area contributed by atoms with E-state index in [0.717, 1.165) is 5.69 Å². The summed E-state index contributed by atoms with van der Waals surface area (Å²) in [5, 5.41) is 3.18. The number of thioether (sulfide) groups is 1. The Morgan fingerprint density at radius 2 is 2.00 bits per heavy atom. The molecule has 1 rings (SSSR count). The average Bonchev–Trinajstić information content (AvgIpc) is 2.15. The second-order valence-electron chi connectivity index (χ2n) is 4.64. The van der Waals surface area contributed by atoms with Crippen molar-refractivity contribution < 1.29 is 0 Å². The van der Waals surface area contributed by atoms with Gasteiger partial charge in [0.15, 0.2) is 0 Å². The molecule has 0 fully saturated rings. The molecule has 0 aromatic carbocycles. The first-order chi connectivity index (χ1) is 6.92. The molecule has 15 heavy (non-hydrogen) atoms. The van der Waals surface area contributed by atoms with Gasteiger partial charge in [0.1, 0.15) is 0 Å². The second-order valence-corrected chi connectivity index (χ2v) is 6.54. The minimum atomic E-state index is 0.248. The first-order valence-electron chi connectivity index (χ1n) is 5.24. The maximum absolute atomic E-state index is 4.45. The molecule has 0 amide bonds. The van der Waals surface area contributed by atoms with Crippen LogP contribution in [0.1, 0.15) is 39.4 Å². The van der Waals surface area contributed by atoms with Gasteiger partial charge >= 0.3 is 0 Å². The van der Waals surface area contributed by atoms with Gasteiger partial charge in [-0.15, -0.1) is 11.8 Å². The standard InChI is InChI=1S/C12H20N2S/c1-9(13-5)11-7-6-10(8-14-11)15-12(2,3)4/h6-9,13H,1-5H3. The Hall–Kier alpha value is -0.540. The number of pyridine rings is 1. The van der Waals surface area contributed by atoms with Crippen molar-refractivity contribution in [3.05, 3.63) is 24.0 Å². The zero-order valence-electron chi connectivity index (χ0n) is 10.2. The lowest BCUT2D eigenvalue weighted by molar-refractivity contribution is 0.631. The lowest BCUT2D eigenvalue weighted by Gasteiger charge is -2.17. The average molecular weight is 224 g/mol. The molecule has 0 saturated heterocycles. The lowest BCUT2D eigenvalue weighted by atomic mass is 10.2. The van der Waals surface area contributed by atoms with Gasteiger partial charge in [0.25, 0.3) is 0 Å². The highest BCUT2D eigenvalue weighted by molar-refractivity contribution is 8.00. The van der Waals surface area contributed by atoms with Crippen molar-refractivity contribution in [3.63, 3.8) is 0 Å². The maximum atomic E-state index is 4.45. The van der Waals surface area contributed by atoms with E-state index >= 15 is 0 Å². The molecule has 2 nitrogen and oxygen atoms in total. The Morgan fingerprint density at radius 3 is 2.40 bits per heavy atom. The van der Waals surface area contributed by atoms with Crippen LogP contribution in [0, 0.1) is 0 Å². The third kappa shape index (κ3) is 4.22. The molecule has 1 aromatic rings. The summed E-state index contributed by atoms with van der Waals surface area (Å²) >= 11 is 1.85. The predicted molar refractivity (Wildman–Crippen MR) is 67.3 cm³/mol. The number of nitrogens with zero attached hydrogens (tertiary/aromatic N) is 1. The molecule has 0 aliphatic rings. The largest absolute Gasteiger partial charge is 0.312 e. The Labute approximate surface area is 96.9 Å². The summed E-state index contributed by atoms with van der Waals surface area (Å²) in [6.45, 7) is 8.74. The van der Waals surface area contributed by atoms with Crippen LogP contribution < -0.4 is 5.32 Å². The van der Waals surface area contributed by atoms with Gasteiger partial charge in [0, 0.05) is 21.9 Å². The van der Waals surface area contributed by atoms with E-state index < -0.39 is 0 Å². The fraction of sp³-hybridized carbons (Fsp3) is 0.583. The van der Waals surface area contributed by atoms with Crippen LogP contribution in [0.25, 0.3) is 0 Å². The van der Waals surface area contributed by atoms with Crippen molar-refractivity contribution in [2.24, 2.45) is 0 Å². The van der Waals surface area contributed by atoms with Crippen LogP contribution in [0.5, 0.6) is 0 Å². The van der Waals surface area contributed by atoms with Crippen molar-refractivity contribution >= 4 is 11.8 Å². The van der Waals surface area contributed by atoms with E-state index in [1.807, 2.05) is 25.0 Å². The van der Waals surface area contributed by atoms with Gasteiger partial charge in [-0.3, -0.25) is 4.98 Å². The number of nitrogens with one attached hydrogen (secondary N) is 1. The van der Waals surface area contributed by atoms with E-state index in [0.29, 0.717) is 6.04 Å². The van der Waals surface area contributed by atoms with Gasteiger partial charge in [0.05, 0.1) is 5.69 Å². The van der Waals surface area contributed by atoms with E-state index in [9.17, 15) is 0 Å². The Balaban J connectivity index is 2.72. The molecule has 0 spiro atoms. The number of hydrogen-bond acceptors (Lipinski definition) is 3. The third-order valence-electron chi connectivity index (χ3n) is 2.06. The van der Waals surface area contributed by atoms with Crippen LogP contribution in [0.4, 0.5) is 0 Å². The van der Waals surface area contributed by atoms with Gasteiger partial charge in [-0.2, -0.15) is 0 Å². The molecule has 0 aliphatic heterocycles. The van der Waals surface area contributed by atoms with Crippen LogP contribution in [0.15, 0.2) is 23.2 Å². The molecule has 0 bridgehead atoms. The molecule has 84 valence electrons. The molecule has 1 heterocycles. The fourth-order valence-electron chi connectivity index (χ4n) is 1.21. The minimum Gasteiger partial charge on any atom is -0.312 e. The number of aromatic nitrogens is 1. The molecule has 1 N–H and O–H groups in total. The highest BCUT2D eigenvalue weighted by Gasteiger charge is 2.12. The first kappa shape index (κ1) is 12.5. The Kier molecular flexibility index (Phi) is 4.17. The van der Waals surface area contributed by atoms with Crippen LogP contribution in [-0.4, -0.2) is 16.8 Å². The molecular weight excluding hydrogens is 204 g/mol. The molecule has 1 atom stereocenters. The van der Waals surface area contributed by atoms with Gasteiger partial charge in [-0.05, 0) is 26.1 Å². The summed E-state index contributed by atoms with van der Waals surface area (Å²) in [6, 6.07) is 4.56. The van der Waals surface area contributed by atoms with E-state index in [1.165, 1.54) is 4.90 Å². The molecule has 0 saturated carbocycles. The lowest BCUT2D eigenvalue weighted by Crippen LogP contribution is -2.13. The van der Waals surface area contributed by atoms with Crippen molar-refractivity contribution in [3.8, 4) is 0 Å². The summed E-state index contributed by atoms with van der Waals surface area (Å²) in [5.74, 6) is 0. The summed E-state index contributed by atoms with van der Waals surface area (Å²) in [5.41, 5.74) is 1.09. The van der Waals surface area contributed by atoms with Crippen molar-refractivity contribution in [1.29, 1.82) is 0 Å². The van der Waals surface area contributed by atoms with Crippen molar-refractivity contribution in [2.75, 3.05) is 7.05 Å². The topological polar surface area (TPSA) is 24.9 Å². The van der Waals surface area contributed by atoms with E-state index in [1.54, 1.807) is 0 Å². The SMILES string of the molecule is CNC(C)c1ccc(SC(C)(C)C)cn1. The molecular formula is C12H20N2S. The van der Waals surface area contributed by atoms with E-state index in [-0.39, 0.29) is 4.75 Å². The smallest absolute Gasteiger partial charge is 0.0571 e. The van der Waals surface area contributed by atoms with Gasteiger partial charge in [0.2, 0.25) is 0 Å². The molecule has 0 radical (unpaired) electrons. The van der Waals surface area contributed by atoms with Crippen LogP contribution in [0.2, 0.25) is 0 Å². The molecule has 1 aromatic heterocycles. The number of rotatable bonds is 3. The zero-order valence-corrected chi connectivity index (χ0v) is 11.0. The van der Waals surface area contributed by atoms with Crippen LogP contribution in [0.3, 0.4) is 0 Å². The van der Waals surface area contributed by atoms with Crippen molar-refractivity contribution in [1.82, 2.24) is 10.3 Å². The monoisotopic (exact) mass is 224 g/mol. The van der Waals surface area contributed by atoms with Gasteiger partial charge in [-0.25, -0.2) is 0 Å². The van der Waals surface area contributed by atoms with Gasteiger partial charge < -0.3 is 5.32 Å². The maximum Gasteiger partial charge on any atom is 0.0571 e.